The van der Waals surface area contributed by atoms with Gasteiger partial charge >= 0.3 is 0 Å². The number of halogens is 2. The number of fused-ring (bicyclic) bond motifs is 1. The molecule has 2 aromatic rings. The lowest BCUT2D eigenvalue weighted by molar-refractivity contribution is 0.107. The average molecular weight is 352 g/mol. The summed E-state index contributed by atoms with van der Waals surface area (Å²) in [5, 5.41) is 9.64. The highest BCUT2D eigenvalue weighted by molar-refractivity contribution is 6.34. The fourth-order valence-corrected chi connectivity index (χ4v) is 3.94. The van der Waals surface area contributed by atoms with E-state index in [4.69, 9.17) is 33.0 Å². The smallest absolute Gasteiger partial charge is 0.133 e. The summed E-state index contributed by atoms with van der Waals surface area (Å²) in [7, 11) is 0. The van der Waals surface area contributed by atoms with E-state index >= 15 is 0 Å². The first-order valence-electron chi connectivity index (χ1n) is 8.16. The van der Waals surface area contributed by atoms with Gasteiger partial charge in [0.25, 0.3) is 0 Å². The molecule has 6 heteroatoms. The van der Waals surface area contributed by atoms with Crippen molar-refractivity contribution in [2.24, 2.45) is 0 Å². The van der Waals surface area contributed by atoms with E-state index in [1.165, 1.54) is 12.0 Å². The predicted octanol–water partition coefficient (Wildman–Crippen LogP) is 4.78. The van der Waals surface area contributed by atoms with Crippen LogP contribution in [-0.4, -0.2) is 22.9 Å². The van der Waals surface area contributed by atoms with E-state index in [9.17, 15) is 0 Å². The minimum Gasteiger partial charge on any atom is -0.372 e. The van der Waals surface area contributed by atoms with Crippen molar-refractivity contribution < 1.29 is 4.74 Å². The Kier molecular flexibility index (Phi) is 4.22. The molecule has 2 aliphatic heterocycles. The van der Waals surface area contributed by atoms with E-state index in [1.807, 2.05) is 16.8 Å². The maximum absolute atomic E-state index is 6.18. The average Bonchev–Trinajstić information content (AvgIpc) is 3.08. The molecule has 0 spiro atoms. The molecule has 0 bridgehead atoms. The number of hydrogen-bond donors (Lipinski definition) is 1. The van der Waals surface area contributed by atoms with E-state index in [0.717, 1.165) is 56.0 Å². The molecule has 0 aliphatic carbocycles. The number of benzene rings is 1. The quantitative estimate of drug-likeness (QED) is 0.846. The molecule has 1 aromatic heterocycles. The minimum absolute atomic E-state index is 0.111. The lowest BCUT2D eigenvalue weighted by atomic mass is 10.0. The molecule has 1 aromatic carbocycles. The summed E-state index contributed by atoms with van der Waals surface area (Å²) >= 11 is 12.4. The highest BCUT2D eigenvalue weighted by Gasteiger charge is 2.28. The van der Waals surface area contributed by atoms with Crippen molar-refractivity contribution in [3.8, 4) is 5.69 Å². The van der Waals surface area contributed by atoms with E-state index in [0.29, 0.717) is 10.0 Å². The van der Waals surface area contributed by atoms with Crippen molar-refractivity contribution in [1.82, 2.24) is 9.78 Å². The summed E-state index contributed by atoms with van der Waals surface area (Å²) in [6, 6.07) is 5.53. The van der Waals surface area contributed by atoms with Gasteiger partial charge in [0, 0.05) is 28.8 Å². The standard InChI is InChI=1S/C17H19Cl2N3O/c18-11-8-12(19)10-13(9-11)22-17-14(4-1-2-6-20-17)16(21-22)15-5-3-7-23-15/h8-10,15,20H,1-7H2. The van der Waals surface area contributed by atoms with Crippen molar-refractivity contribution in [2.75, 3.05) is 18.5 Å². The third kappa shape index (κ3) is 2.95. The molecule has 0 saturated carbocycles. The maximum Gasteiger partial charge on any atom is 0.133 e. The fourth-order valence-electron chi connectivity index (χ4n) is 3.43. The third-order valence-electron chi connectivity index (χ3n) is 4.49. The topological polar surface area (TPSA) is 39.1 Å². The van der Waals surface area contributed by atoms with Crippen molar-refractivity contribution in [3.05, 3.63) is 39.5 Å². The summed E-state index contributed by atoms with van der Waals surface area (Å²) in [5.41, 5.74) is 3.24. The molecule has 1 unspecified atom stereocenters. The number of rotatable bonds is 2. The van der Waals surface area contributed by atoms with Gasteiger partial charge < -0.3 is 10.1 Å². The van der Waals surface area contributed by atoms with Crippen LogP contribution in [0, 0.1) is 0 Å². The molecular formula is C17H19Cl2N3O. The van der Waals surface area contributed by atoms with Gasteiger partial charge in [0.15, 0.2) is 0 Å². The summed E-state index contributed by atoms with van der Waals surface area (Å²) in [5.74, 6) is 1.06. The normalized spacial score (nSPS) is 20.9. The second-order valence-electron chi connectivity index (χ2n) is 6.14. The number of nitrogens with zero attached hydrogens (tertiary/aromatic N) is 2. The van der Waals surface area contributed by atoms with Crippen LogP contribution in [0.1, 0.15) is 43.0 Å². The Labute approximate surface area is 145 Å². The molecule has 3 heterocycles. The van der Waals surface area contributed by atoms with Crippen LogP contribution in [0.3, 0.4) is 0 Å². The molecular weight excluding hydrogens is 333 g/mol. The molecule has 1 atom stereocenters. The first kappa shape index (κ1) is 15.3. The predicted molar refractivity (Wildman–Crippen MR) is 92.9 cm³/mol. The molecule has 0 radical (unpaired) electrons. The number of hydrogen-bond acceptors (Lipinski definition) is 3. The molecule has 1 saturated heterocycles. The van der Waals surface area contributed by atoms with Crippen molar-refractivity contribution >= 4 is 29.0 Å². The second-order valence-corrected chi connectivity index (χ2v) is 7.01. The number of ether oxygens (including phenoxy) is 1. The van der Waals surface area contributed by atoms with E-state index < -0.39 is 0 Å². The number of anilines is 1. The minimum atomic E-state index is 0.111. The van der Waals surface area contributed by atoms with Crippen LogP contribution in [0.2, 0.25) is 10.0 Å². The van der Waals surface area contributed by atoms with Gasteiger partial charge in [-0.3, -0.25) is 0 Å². The molecule has 1 fully saturated rings. The van der Waals surface area contributed by atoms with Gasteiger partial charge in [-0.1, -0.05) is 23.2 Å². The van der Waals surface area contributed by atoms with Gasteiger partial charge in [-0.05, 0) is 50.3 Å². The molecule has 4 rings (SSSR count). The molecule has 1 N–H and O–H groups in total. The van der Waals surface area contributed by atoms with E-state index in [-0.39, 0.29) is 6.10 Å². The highest BCUT2D eigenvalue weighted by atomic mass is 35.5. The van der Waals surface area contributed by atoms with Crippen molar-refractivity contribution in [2.45, 2.75) is 38.2 Å². The SMILES string of the molecule is Clc1cc(Cl)cc(-n2nc(C3CCCO3)c3c2NCCCC3)c1. The zero-order valence-electron chi connectivity index (χ0n) is 12.8. The largest absolute Gasteiger partial charge is 0.372 e. The summed E-state index contributed by atoms with van der Waals surface area (Å²) < 4.78 is 7.83. The van der Waals surface area contributed by atoms with Gasteiger partial charge in [-0.2, -0.15) is 5.10 Å². The van der Waals surface area contributed by atoms with Crippen LogP contribution in [0.4, 0.5) is 5.82 Å². The van der Waals surface area contributed by atoms with Crippen LogP contribution in [0.15, 0.2) is 18.2 Å². The fraction of sp³-hybridized carbons (Fsp3) is 0.471. The van der Waals surface area contributed by atoms with Crippen molar-refractivity contribution in [1.29, 1.82) is 0 Å². The monoisotopic (exact) mass is 351 g/mol. The molecule has 2 aliphatic rings. The van der Waals surface area contributed by atoms with Crippen LogP contribution in [-0.2, 0) is 11.2 Å². The maximum atomic E-state index is 6.18. The molecule has 4 nitrogen and oxygen atoms in total. The lowest BCUT2D eigenvalue weighted by Crippen LogP contribution is -2.07. The van der Waals surface area contributed by atoms with Crippen LogP contribution >= 0.6 is 23.2 Å². The Morgan fingerprint density at radius 3 is 2.70 bits per heavy atom. The van der Waals surface area contributed by atoms with Gasteiger partial charge in [0.2, 0.25) is 0 Å². The zero-order chi connectivity index (χ0) is 15.8. The van der Waals surface area contributed by atoms with Crippen LogP contribution in [0.25, 0.3) is 5.69 Å². The Morgan fingerprint density at radius 1 is 1.13 bits per heavy atom. The van der Waals surface area contributed by atoms with E-state index in [1.54, 1.807) is 6.07 Å². The van der Waals surface area contributed by atoms with Gasteiger partial charge in [0.1, 0.15) is 11.9 Å². The Bertz CT molecular complexity index is 703. The molecule has 23 heavy (non-hydrogen) atoms. The van der Waals surface area contributed by atoms with Crippen LogP contribution in [0.5, 0.6) is 0 Å². The van der Waals surface area contributed by atoms with E-state index in [2.05, 4.69) is 5.32 Å². The Morgan fingerprint density at radius 2 is 1.96 bits per heavy atom. The van der Waals surface area contributed by atoms with Gasteiger partial charge in [0.05, 0.1) is 11.4 Å². The highest BCUT2D eigenvalue weighted by Crippen LogP contribution is 2.37. The first-order valence-corrected chi connectivity index (χ1v) is 8.92. The molecule has 122 valence electrons. The second kappa shape index (κ2) is 6.34. The first-order chi connectivity index (χ1) is 11.2. The summed E-state index contributed by atoms with van der Waals surface area (Å²) in [4.78, 5) is 0. The third-order valence-corrected chi connectivity index (χ3v) is 4.92. The van der Waals surface area contributed by atoms with Gasteiger partial charge in [-0.15, -0.1) is 0 Å². The number of nitrogens with one attached hydrogen (secondary N) is 1. The van der Waals surface area contributed by atoms with Crippen LogP contribution < -0.4 is 5.32 Å². The number of aromatic nitrogens is 2. The summed E-state index contributed by atoms with van der Waals surface area (Å²) in [6.07, 6.45) is 5.62. The summed E-state index contributed by atoms with van der Waals surface area (Å²) in [6.45, 7) is 1.78. The van der Waals surface area contributed by atoms with Crippen molar-refractivity contribution in [3.63, 3.8) is 0 Å². The zero-order valence-corrected chi connectivity index (χ0v) is 14.3. The Balaban J connectivity index is 1.85. The van der Waals surface area contributed by atoms with Gasteiger partial charge in [-0.25, -0.2) is 4.68 Å². The Hall–Kier alpha value is -1.23. The molecule has 0 amide bonds. The lowest BCUT2D eigenvalue weighted by Gasteiger charge is -2.10.